The van der Waals surface area contributed by atoms with Crippen molar-refractivity contribution in [2.75, 3.05) is 14.2 Å². The van der Waals surface area contributed by atoms with Gasteiger partial charge in [-0.3, -0.25) is 14.4 Å². The molecule has 2 unspecified atom stereocenters. The van der Waals surface area contributed by atoms with Crippen LogP contribution in [0.25, 0.3) is 0 Å². The van der Waals surface area contributed by atoms with Gasteiger partial charge in [0.05, 0.1) is 14.2 Å². The van der Waals surface area contributed by atoms with Crippen LogP contribution in [0.15, 0.2) is 36.9 Å². The van der Waals surface area contributed by atoms with E-state index in [1.165, 1.54) is 20.3 Å². The predicted molar refractivity (Wildman–Crippen MR) is 83.8 cm³/mol. The van der Waals surface area contributed by atoms with Crippen LogP contribution in [0.2, 0.25) is 0 Å². The molecule has 23 heavy (non-hydrogen) atoms. The highest BCUT2D eigenvalue weighted by molar-refractivity contribution is 6.02. The number of ketones is 1. The Bertz CT molecular complexity index is 618. The van der Waals surface area contributed by atoms with Gasteiger partial charge in [0.1, 0.15) is 0 Å². The smallest absolute Gasteiger partial charge is 0.320 e. The van der Waals surface area contributed by atoms with Crippen molar-refractivity contribution in [3.8, 4) is 0 Å². The lowest BCUT2D eigenvalue weighted by molar-refractivity contribution is -0.160. The molecule has 1 aliphatic rings. The number of hydrogen-bond acceptors (Lipinski definition) is 5. The SMILES string of the molecule is C=CC(CC1Cc2ccccc2C1=O)C(C(=O)OC)C(=O)OC. The second-order valence-electron chi connectivity index (χ2n) is 5.58. The largest absolute Gasteiger partial charge is 0.468 e. The third-order valence-corrected chi connectivity index (χ3v) is 4.32. The fraction of sp³-hybridized carbons (Fsp3) is 0.389. The highest BCUT2D eigenvalue weighted by atomic mass is 16.5. The molecule has 0 aromatic heterocycles. The molecule has 0 fully saturated rings. The minimum absolute atomic E-state index is 0.0425. The van der Waals surface area contributed by atoms with Gasteiger partial charge < -0.3 is 9.47 Å². The molecule has 1 aromatic carbocycles. The summed E-state index contributed by atoms with van der Waals surface area (Å²) in [6, 6.07) is 7.45. The van der Waals surface area contributed by atoms with Crippen LogP contribution in [0.3, 0.4) is 0 Å². The van der Waals surface area contributed by atoms with Crippen LogP contribution in [-0.4, -0.2) is 31.9 Å². The van der Waals surface area contributed by atoms with Crippen LogP contribution in [0.1, 0.15) is 22.3 Å². The first kappa shape index (κ1) is 16.9. The monoisotopic (exact) mass is 316 g/mol. The van der Waals surface area contributed by atoms with Crippen molar-refractivity contribution in [3.63, 3.8) is 0 Å². The van der Waals surface area contributed by atoms with Gasteiger partial charge in [-0.05, 0) is 18.4 Å². The van der Waals surface area contributed by atoms with Crippen LogP contribution in [-0.2, 0) is 25.5 Å². The summed E-state index contributed by atoms with van der Waals surface area (Å²) in [4.78, 5) is 36.3. The van der Waals surface area contributed by atoms with Crippen molar-refractivity contribution in [1.82, 2.24) is 0 Å². The molecule has 2 atom stereocenters. The lowest BCUT2D eigenvalue weighted by Crippen LogP contribution is -2.34. The molecule has 0 aliphatic heterocycles. The maximum Gasteiger partial charge on any atom is 0.320 e. The molecule has 122 valence electrons. The maximum absolute atomic E-state index is 12.5. The molecule has 0 radical (unpaired) electrons. The summed E-state index contributed by atoms with van der Waals surface area (Å²) >= 11 is 0. The normalized spacial score (nSPS) is 17.5. The standard InChI is InChI=1S/C18H20O5/c1-4-11(15(17(20)22-2)18(21)23-3)9-13-10-12-7-5-6-8-14(12)16(13)19/h4-8,11,13,15H,1,9-10H2,2-3H3. The van der Waals surface area contributed by atoms with Crippen molar-refractivity contribution >= 4 is 17.7 Å². The van der Waals surface area contributed by atoms with Crippen molar-refractivity contribution in [2.24, 2.45) is 17.8 Å². The minimum atomic E-state index is -1.10. The Labute approximate surface area is 135 Å². The lowest BCUT2D eigenvalue weighted by Gasteiger charge is -2.22. The van der Waals surface area contributed by atoms with Crippen LogP contribution in [0.4, 0.5) is 0 Å². The number of carbonyl (C=O) groups excluding carboxylic acids is 3. The summed E-state index contributed by atoms with van der Waals surface area (Å²) in [6.45, 7) is 3.70. The fourth-order valence-electron chi connectivity index (χ4n) is 3.10. The zero-order valence-corrected chi connectivity index (χ0v) is 13.3. The molecule has 0 heterocycles. The summed E-state index contributed by atoms with van der Waals surface area (Å²) in [5.74, 6) is -3.19. The number of hydrogen-bond donors (Lipinski definition) is 0. The van der Waals surface area contributed by atoms with E-state index in [-0.39, 0.29) is 11.7 Å². The Balaban J connectivity index is 2.19. The molecule has 5 nitrogen and oxygen atoms in total. The Hall–Kier alpha value is -2.43. The molecule has 0 bridgehead atoms. The number of fused-ring (bicyclic) bond motifs is 1. The number of rotatable bonds is 6. The first-order valence-electron chi connectivity index (χ1n) is 7.43. The van der Waals surface area contributed by atoms with Crippen molar-refractivity contribution in [3.05, 3.63) is 48.0 Å². The molecule has 5 heteroatoms. The maximum atomic E-state index is 12.5. The van der Waals surface area contributed by atoms with Gasteiger partial charge in [-0.2, -0.15) is 0 Å². The second kappa shape index (κ2) is 7.22. The molecular weight excluding hydrogens is 296 g/mol. The molecule has 0 saturated heterocycles. The zero-order chi connectivity index (χ0) is 17.0. The highest BCUT2D eigenvalue weighted by Gasteiger charge is 2.39. The molecule has 0 N–H and O–H groups in total. The molecule has 0 spiro atoms. The van der Waals surface area contributed by atoms with Crippen molar-refractivity contribution in [2.45, 2.75) is 12.8 Å². The Kier molecular flexibility index (Phi) is 5.32. The molecule has 0 amide bonds. The number of ether oxygens (including phenoxy) is 2. The quantitative estimate of drug-likeness (QED) is 0.457. The zero-order valence-electron chi connectivity index (χ0n) is 13.3. The van der Waals surface area contributed by atoms with Crippen LogP contribution in [0.5, 0.6) is 0 Å². The van der Waals surface area contributed by atoms with Gasteiger partial charge in [0.15, 0.2) is 11.7 Å². The first-order chi connectivity index (χ1) is 11.0. The van der Waals surface area contributed by atoms with E-state index >= 15 is 0 Å². The number of carbonyl (C=O) groups is 3. The van der Waals surface area contributed by atoms with Gasteiger partial charge in [0, 0.05) is 17.4 Å². The number of allylic oxidation sites excluding steroid dienone is 1. The van der Waals surface area contributed by atoms with E-state index < -0.39 is 23.8 Å². The summed E-state index contributed by atoms with van der Waals surface area (Å²) in [5.41, 5.74) is 1.71. The third kappa shape index (κ3) is 3.33. The highest BCUT2D eigenvalue weighted by Crippen LogP contribution is 2.34. The van der Waals surface area contributed by atoms with E-state index in [9.17, 15) is 14.4 Å². The average Bonchev–Trinajstić information content (AvgIpc) is 2.89. The van der Waals surface area contributed by atoms with Gasteiger partial charge >= 0.3 is 11.9 Å². The Morgan fingerprint density at radius 3 is 2.39 bits per heavy atom. The van der Waals surface area contributed by atoms with Gasteiger partial charge in [0.25, 0.3) is 0 Å². The molecule has 1 aliphatic carbocycles. The summed E-state index contributed by atoms with van der Waals surface area (Å²) < 4.78 is 9.40. The number of Topliss-reactive ketones (excluding diaryl/α,β-unsaturated/α-hetero) is 1. The van der Waals surface area contributed by atoms with E-state index in [0.29, 0.717) is 18.4 Å². The van der Waals surface area contributed by atoms with Crippen LogP contribution >= 0.6 is 0 Å². The fourth-order valence-corrected chi connectivity index (χ4v) is 3.10. The van der Waals surface area contributed by atoms with Gasteiger partial charge in [-0.1, -0.05) is 30.3 Å². The molecule has 0 saturated carbocycles. The molecular formula is C18H20O5. The van der Waals surface area contributed by atoms with Crippen LogP contribution < -0.4 is 0 Å². The van der Waals surface area contributed by atoms with Gasteiger partial charge in [-0.25, -0.2) is 0 Å². The van der Waals surface area contributed by atoms with Crippen molar-refractivity contribution < 1.29 is 23.9 Å². The van der Waals surface area contributed by atoms with E-state index in [1.54, 1.807) is 6.07 Å². The van der Waals surface area contributed by atoms with Crippen LogP contribution in [0, 0.1) is 17.8 Å². The average molecular weight is 316 g/mol. The lowest BCUT2D eigenvalue weighted by atomic mass is 9.83. The topological polar surface area (TPSA) is 69.7 Å². The van der Waals surface area contributed by atoms with Crippen molar-refractivity contribution in [1.29, 1.82) is 0 Å². The van der Waals surface area contributed by atoms with E-state index in [2.05, 4.69) is 6.58 Å². The number of methoxy groups -OCH3 is 2. The number of esters is 2. The van der Waals surface area contributed by atoms with E-state index in [4.69, 9.17) is 9.47 Å². The predicted octanol–water partition coefficient (Wildman–Crippen LogP) is 2.20. The third-order valence-electron chi connectivity index (χ3n) is 4.32. The molecule has 2 rings (SSSR count). The second-order valence-corrected chi connectivity index (χ2v) is 5.58. The first-order valence-corrected chi connectivity index (χ1v) is 7.43. The van der Waals surface area contributed by atoms with Gasteiger partial charge in [-0.15, -0.1) is 6.58 Å². The summed E-state index contributed by atoms with van der Waals surface area (Å²) in [6.07, 6.45) is 2.48. The number of benzene rings is 1. The summed E-state index contributed by atoms with van der Waals surface area (Å²) in [5, 5.41) is 0. The van der Waals surface area contributed by atoms with Gasteiger partial charge in [0.2, 0.25) is 0 Å². The van der Waals surface area contributed by atoms with E-state index in [0.717, 1.165) is 5.56 Å². The van der Waals surface area contributed by atoms with E-state index in [1.807, 2.05) is 18.2 Å². The molecule has 1 aromatic rings. The minimum Gasteiger partial charge on any atom is -0.468 e. The Morgan fingerprint density at radius 1 is 1.26 bits per heavy atom. The summed E-state index contributed by atoms with van der Waals surface area (Å²) in [7, 11) is 2.43. The Morgan fingerprint density at radius 2 is 1.87 bits per heavy atom.